The zero-order valence-corrected chi connectivity index (χ0v) is 12.3. The van der Waals surface area contributed by atoms with E-state index in [4.69, 9.17) is 10.5 Å². The summed E-state index contributed by atoms with van der Waals surface area (Å²) in [5.41, 5.74) is 6.31. The molecule has 1 aromatic carbocycles. The first-order chi connectivity index (χ1) is 9.54. The van der Waals surface area contributed by atoms with Crippen molar-refractivity contribution in [2.45, 2.75) is 6.92 Å². The Morgan fingerprint density at radius 3 is 2.95 bits per heavy atom. The van der Waals surface area contributed by atoms with Gasteiger partial charge in [0.1, 0.15) is 10.7 Å². The average molecular weight is 296 g/mol. The number of ether oxygens (including phenoxy) is 1. The summed E-state index contributed by atoms with van der Waals surface area (Å²) in [5.74, 6) is -0.519. The van der Waals surface area contributed by atoms with Gasteiger partial charge in [0, 0.05) is 30.3 Å². The van der Waals surface area contributed by atoms with E-state index in [2.05, 4.69) is 0 Å². The van der Waals surface area contributed by atoms with Gasteiger partial charge in [-0.2, -0.15) is 0 Å². The number of rotatable bonds is 5. The minimum Gasteiger partial charge on any atom is -0.397 e. The number of nitrogens with two attached hydrogens (primary N) is 1. The molecule has 1 heterocycles. The smallest absolute Gasteiger partial charge is 0.265 e. The molecule has 0 saturated heterocycles. The van der Waals surface area contributed by atoms with Crippen LogP contribution in [0, 0.1) is 5.82 Å². The number of hydrogen-bond acceptors (Lipinski definition) is 4. The van der Waals surface area contributed by atoms with Gasteiger partial charge < -0.3 is 15.4 Å². The zero-order valence-electron chi connectivity index (χ0n) is 11.5. The van der Waals surface area contributed by atoms with Crippen LogP contribution >= 0.6 is 11.3 Å². The van der Waals surface area contributed by atoms with Gasteiger partial charge in [-0.1, -0.05) is 0 Å². The van der Waals surface area contributed by atoms with Gasteiger partial charge in [-0.25, -0.2) is 4.39 Å². The molecule has 1 aromatic heterocycles. The predicted octanol–water partition coefficient (Wildman–Crippen LogP) is 2.73. The number of halogens is 1. The molecular formula is C14H17FN2O2S. The summed E-state index contributed by atoms with van der Waals surface area (Å²) in [5, 5.41) is 0.594. The van der Waals surface area contributed by atoms with E-state index in [1.807, 2.05) is 6.92 Å². The van der Waals surface area contributed by atoms with Crippen LogP contribution in [-0.2, 0) is 4.74 Å². The summed E-state index contributed by atoms with van der Waals surface area (Å²) in [6.45, 7) is 3.50. The third-order valence-corrected chi connectivity index (χ3v) is 4.18. The van der Waals surface area contributed by atoms with E-state index in [1.165, 1.54) is 23.5 Å². The van der Waals surface area contributed by atoms with Gasteiger partial charge in [-0.3, -0.25) is 4.79 Å². The number of anilines is 1. The highest BCUT2D eigenvalue weighted by Crippen LogP contribution is 2.34. The van der Waals surface area contributed by atoms with Gasteiger partial charge in [-0.05, 0) is 25.1 Å². The summed E-state index contributed by atoms with van der Waals surface area (Å²) in [6, 6.07) is 4.37. The summed E-state index contributed by atoms with van der Waals surface area (Å²) in [7, 11) is 1.70. The zero-order chi connectivity index (χ0) is 14.7. The molecule has 0 aliphatic rings. The number of nitrogens with zero attached hydrogens (tertiary/aromatic N) is 1. The fourth-order valence-corrected chi connectivity index (χ4v) is 2.97. The standard InChI is InChI=1S/C14H17FN2O2S/c1-3-19-7-6-17(2)14(18)13-12(16)10-8-9(15)4-5-11(10)20-13/h4-5,8H,3,6-7,16H2,1-2H3. The molecule has 20 heavy (non-hydrogen) atoms. The lowest BCUT2D eigenvalue weighted by Gasteiger charge is -2.16. The maximum atomic E-state index is 13.2. The van der Waals surface area contributed by atoms with Gasteiger partial charge in [0.15, 0.2) is 0 Å². The first-order valence-corrected chi connectivity index (χ1v) is 7.17. The summed E-state index contributed by atoms with van der Waals surface area (Å²) in [4.78, 5) is 14.3. The highest BCUT2D eigenvalue weighted by Gasteiger charge is 2.19. The third kappa shape index (κ3) is 2.91. The highest BCUT2D eigenvalue weighted by atomic mass is 32.1. The highest BCUT2D eigenvalue weighted by molar-refractivity contribution is 7.21. The molecule has 0 aliphatic carbocycles. The summed E-state index contributed by atoms with van der Waals surface area (Å²) >= 11 is 1.28. The van der Waals surface area contributed by atoms with Crippen molar-refractivity contribution in [3.05, 3.63) is 28.9 Å². The van der Waals surface area contributed by atoms with Gasteiger partial charge in [0.2, 0.25) is 0 Å². The third-order valence-electron chi connectivity index (χ3n) is 3.00. The SMILES string of the molecule is CCOCCN(C)C(=O)c1sc2ccc(F)cc2c1N. The van der Waals surface area contributed by atoms with Crippen LogP contribution in [0.2, 0.25) is 0 Å². The number of benzene rings is 1. The van der Waals surface area contributed by atoms with Gasteiger partial charge in [-0.15, -0.1) is 11.3 Å². The van der Waals surface area contributed by atoms with Crippen LogP contribution in [0.1, 0.15) is 16.6 Å². The Kier molecular flexibility index (Phi) is 4.57. The van der Waals surface area contributed by atoms with Crippen LogP contribution in [-0.4, -0.2) is 37.6 Å². The van der Waals surface area contributed by atoms with Crippen molar-refractivity contribution in [3.8, 4) is 0 Å². The Morgan fingerprint density at radius 2 is 2.25 bits per heavy atom. The molecule has 0 radical (unpaired) electrons. The number of thiophene rings is 1. The first-order valence-electron chi connectivity index (χ1n) is 6.35. The molecular weight excluding hydrogens is 279 g/mol. The molecule has 0 atom stereocenters. The Labute approximate surface area is 120 Å². The molecule has 0 fully saturated rings. The molecule has 4 nitrogen and oxygen atoms in total. The van der Waals surface area contributed by atoms with Crippen molar-refractivity contribution in [1.82, 2.24) is 4.90 Å². The molecule has 6 heteroatoms. The monoisotopic (exact) mass is 296 g/mol. The van der Waals surface area contributed by atoms with Crippen molar-refractivity contribution in [1.29, 1.82) is 0 Å². The lowest BCUT2D eigenvalue weighted by atomic mass is 10.2. The van der Waals surface area contributed by atoms with Crippen molar-refractivity contribution in [2.24, 2.45) is 0 Å². The molecule has 108 valence electrons. The number of carbonyl (C=O) groups excluding carboxylic acids is 1. The molecule has 2 rings (SSSR count). The minimum atomic E-state index is -0.356. The van der Waals surface area contributed by atoms with E-state index in [1.54, 1.807) is 18.0 Å². The van der Waals surface area contributed by atoms with Crippen molar-refractivity contribution < 1.29 is 13.9 Å². The van der Waals surface area contributed by atoms with Crippen LogP contribution in [0.5, 0.6) is 0 Å². The number of nitrogen functional groups attached to an aromatic ring is 1. The molecule has 0 aliphatic heterocycles. The van der Waals surface area contributed by atoms with Crippen molar-refractivity contribution in [3.63, 3.8) is 0 Å². The second kappa shape index (κ2) is 6.19. The Morgan fingerprint density at radius 1 is 1.50 bits per heavy atom. The normalized spacial score (nSPS) is 10.9. The predicted molar refractivity (Wildman–Crippen MR) is 79.6 cm³/mol. The number of carbonyl (C=O) groups is 1. The van der Waals surface area contributed by atoms with Crippen LogP contribution in [0.15, 0.2) is 18.2 Å². The van der Waals surface area contributed by atoms with Gasteiger partial charge in [0.05, 0.1) is 12.3 Å². The number of amides is 1. The Bertz CT molecular complexity index is 627. The molecule has 0 unspecified atom stereocenters. The van der Waals surface area contributed by atoms with Crippen LogP contribution in [0.3, 0.4) is 0 Å². The largest absolute Gasteiger partial charge is 0.397 e. The van der Waals surface area contributed by atoms with Crippen molar-refractivity contribution in [2.75, 3.05) is 32.5 Å². The maximum Gasteiger partial charge on any atom is 0.265 e. The molecule has 2 N–H and O–H groups in total. The van der Waals surface area contributed by atoms with Crippen molar-refractivity contribution >= 4 is 33.0 Å². The number of fused-ring (bicyclic) bond motifs is 1. The van der Waals surface area contributed by atoms with E-state index < -0.39 is 0 Å². The molecule has 1 amide bonds. The summed E-state index contributed by atoms with van der Waals surface area (Å²) in [6.07, 6.45) is 0. The van der Waals surface area contributed by atoms with E-state index in [9.17, 15) is 9.18 Å². The van der Waals surface area contributed by atoms with Crippen LogP contribution in [0.25, 0.3) is 10.1 Å². The molecule has 2 aromatic rings. The van der Waals surface area contributed by atoms with Gasteiger partial charge in [0.25, 0.3) is 5.91 Å². The van der Waals surface area contributed by atoms with E-state index in [0.717, 1.165) is 4.70 Å². The summed E-state index contributed by atoms with van der Waals surface area (Å²) < 4.78 is 19.3. The number of likely N-dealkylation sites (N-methyl/N-ethyl adjacent to an activating group) is 1. The molecule has 0 spiro atoms. The van der Waals surface area contributed by atoms with Crippen LogP contribution < -0.4 is 5.73 Å². The van der Waals surface area contributed by atoms with E-state index in [0.29, 0.717) is 35.7 Å². The second-order valence-electron chi connectivity index (χ2n) is 4.41. The number of hydrogen-bond donors (Lipinski definition) is 1. The average Bonchev–Trinajstić information content (AvgIpc) is 2.75. The first kappa shape index (κ1) is 14.7. The Hall–Kier alpha value is -1.66. The van der Waals surface area contributed by atoms with Crippen LogP contribution in [0.4, 0.5) is 10.1 Å². The Balaban J connectivity index is 2.24. The fourth-order valence-electron chi connectivity index (χ4n) is 1.87. The fraction of sp³-hybridized carbons (Fsp3) is 0.357. The second-order valence-corrected chi connectivity index (χ2v) is 5.46. The lowest BCUT2D eigenvalue weighted by molar-refractivity contribution is 0.0715. The molecule has 0 bridgehead atoms. The minimum absolute atomic E-state index is 0.163. The van der Waals surface area contributed by atoms with E-state index >= 15 is 0 Å². The lowest BCUT2D eigenvalue weighted by Crippen LogP contribution is -2.30. The quantitative estimate of drug-likeness (QED) is 0.863. The molecule has 0 saturated carbocycles. The van der Waals surface area contributed by atoms with Gasteiger partial charge >= 0.3 is 0 Å². The maximum absolute atomic E-state index is 13.2. The van der Waals surface area contributed by atoms with E-state index in [-0.39, 0.29) is 11.7 Å². The topological polar surface area (TPSA) is 55.6 Å².